The number of benzene rings is 2. The zero-order chi connectivity index (χ0) is 20.9. The number of thioether (sulfide) groups is 1. The second-order valence-corrected chi connectivity index (χ2v) is 7.89. The molecular formula is C21H19N3O4S2. The SMILES string of the molecule is COc1cccc(-c2nc(CSc3nnc(-c4ccc(OC)c(OC)c4)o3)cs2)c1. The molecule has 4 rings (SSSR count). The summed E-state index contributed by atoms with van der Waals surface area (Å²) in [6.07, 6.45) is 0. The highest BCUT2D eigenvalue weighted by molar-refractivity contribution is 7.98. The molecule has 0 aliphatic rings. The monoisotopic (exact) mass is 441 g/mol. The summed E-state index contributed by atoms with van der Waals surface area (Å²) in [5.74, 6) is 3.12. The maximum absolute atomic E-state index is 5.79. The van der Waals surface area contributed by atoms with Crippen molar-refractivity contribution < 1.29 is 18.6 Å². The molecule has 0 unspecified atom stereocenters. The highest BCUT2D eigenvalue weighted by atomic mass is 32.2. The summed E-state index contributed by atoms with van der Waals surface area (Å²) < 4.78 is 21.7. The summed E-state index contributed by atoms with van der Waals surface area (Å²) in [5.41, 5.74) is 2.75. The molecule has 0 aliphatic heterocycles. The van der Waals surface area contributed by atoms with Crippen LogP contribution in [0.15, 0.2) is 57.5 Å². The minimum atomic E-state index is 0.425. The maximum atomic E-state index is 5.79. The van der Waals surface area contributed by atoms with Crippen LogP contribution in [-0.4, -0.2) is 36.5 Å². The molecule has 2 heterocycles. The van der Waals surface area contributed by atoms with Crippen LogP contribution >= 0.6 is 23.1 Å². The van der Waals surface area contributed by atoms with E-state index in [9.17, 15) is 0 Å². The molecule has 0 aliphatic carbocycles. The van der Waals surface area contributed by atoms with E-state index in [1.165, 1.54) is 11.8 Å². The van der Waals surface area contributed by atoms with Gasteiger partial charge in [0.05, 0.1) is 27.0 Å². The van der Waals surface area contributed by atoms with Gasteiger partial charge in [-0.2, -0.15) is 0 Å². The van der Waals surface area contributed by atoms with Crippen LogP contribution in [-0.2, 0) is 5.75 Å². The molecule has 7 nitrogen and oxygen atoms in total. The number of ether oxygens (including phenoxy) is 3. The molecule has 0 N–H and O–H groups in total. The van der Waals surface area contributed by atoms with Gasteiger partial charge in [0.15, 0.2) is 11.5 Å². The lowest BCUT2D eigenvalue weighted by molar-refractivity contribution is 0.355. The Morgan fingerprint density at radius 3 is 2.60 bits per heavy atom. The molecule has 9 heteroatoms. The first-order valence-electron chi connectivity index (χ1n) is 8.97. The summed E-state index contributed by atoms with van der Waals surface area (Å²) >= 11 is 3.04. The van der Waals surface area contributed by atoms with Crippen LogP contribution in [0.5, 0.6) is 17.2 Å². The number of nitrogens with zero attached hydrogens (tertiary/aromatic N) is 3. The number of hydrogen-bond acceptors (Lipinski definition) is 9. The minimum absolute atomic E-state index is 0.425. The molecule has 0 spiro atoms. The summed E-state index contributed by atoms with van der Waals surface area (Å²) in [6.45, 7) is 0. The van der Waals surface area contributed by atoms with Crippen LogP contribution in [0.2, 0.25) is 0 Å². The Morgan fingerprint density at radius 1 is 0.933 bits per heavy atom. The molecule has 154 valence electrons. The van der Waals surface area contributed by atoms with Crippen LogP contribution in [0.4, 0.5) is 0 Å². The maximum Gasteiger partial charge on any atom is 0.277 e. The Labute approximate surface area is 182 Å². The van der Waals surface area contributed by atoms with Gasteiger partial charge in [-0.05, 0) is 30.3 Å². The zero-order valence-corrected chi connectivity index (χ0v) is 18.3. The van der Waals surface area contributed by atoms with E-state index in [0.29, 0.717) is 28.4 Å². The highest BCUT2D eigenvalue weighted by Gasteiger charge is 2.13. The van der Waals surface area contributed by atoms with E-state index < -0.39 is 0 Å². The van der Waals surface area contributed by atoms with Gasteiger partial charge >= 0.3 is 0 Å². The number of thiazole rings is 1. The van der Waals surface area contributed by atoms with Crippen LogP contribution in [0.25, 0.3) is 22.0 Å². The second kappa shape index (κ2) is 9.19. The molecule has 2 aromatic carbocycles. The van der Waals surface area contributed by atoms with Gasteiger partial charge in [-0.25, -0.2) is 4.98 Å². The number of methoxy groups -OCH3 is 3. The molecule has 0 atom stereocenters. The standard InChI is InChI=1S/C21H19N3O4S2/c1-25-16-6-4-5-14(9-16)20-22-15(11-29-20)12-30-21-24-23-19(28-21)13-7-8-17(26-2)18(10-13)27-3/h4-11H,12H2,1-3H3. The number of rotatable bonds is 8. The second-order valence-electron chi connectivity index (χ2n) is 6.11. The van der Waals surface area contributed by atoms with Gasteiger partial charge in [0.1, 0.15) is 10.8 Å². The summed E-state index contributed by atoms with van der Waals surface area (Å²) in [6, 6.07) is 13.3. The number of aromatic nitrogens is 3. The van der Waals surface area contributed by atoms with E-state index in [-0.39, 0.29) is 0 Å². The van der Waals surface area contributed by atoms with Crippen molar-refractivity contribution in [2.75, 3.05) is 21.3 Å². The first kappa shape index (κ1) is 20.2. The molecule has 0 amide bonds. The molecule has 0 saturated carbocycles. The van der Waals surface area contributed by atoms with Gasteiger partial charge in [-0.15, -0.1) is 21.5 Å². The number of hydrogen-bond donors (Lipinski definition) is 0. The molecule has 4 aromatic rings. The van der Waals surface area contributed by atoms with Crippen LogP contribution < -0.4 is 14.2 Å². The first-order chi connectivity index (χ1) is 14.7. The van der Waals surface area contributed by atoms with E-state index in [4.69, 9.17) is 23.6 Å². The Hall–Kier alpha value is -3.04. The lowest BCUT2D eigenvalue weighted by Crippen LogP contribution is -1.90. The average Bonchev–Trinajstić information content (AvgIpc) is 3.47. The lowest BCUT2D eigenvalue weighted by Gasteiger charge is -2.07. The molecule has 0 fully saturated rings. The molecule has 0 bridgehead atoms. The van der Waals surface area contributed by atoms with Crippen molar-refractivity contribution in [1.29, 1.82) is 0 Å². The third-order valence-electron chi connectivity index (χ3n) is 4.25. The van der Waals surface area contributed by atoms with E-state index in [1.807, 2.05) is 41.8 Å². The zero-order valence-electron chi connectivity index (χ0n) is 16.6. The predicted molar refractivity (Wildman–Crippen MR) is 117 cm³/mol. The van der Waals surface area contributed by atoms with E-state index >= 15 is 0 Å². The van der Waals surface area contributed by atoms with Crippen molar-refractivity contribution in [3.8, 4) is 39.3 Å². The van der Waals surface area contributed by atoms with Gasteiger partial charge in [-0.1, -0.05) is 23.9 Å². The molecular weight excluding hydrogens is 422 g/mol. The van der Waals surface area contributed by atoms with Gasteiger partial charge in [0, 0.05) is 22.3 Å². The third kappa shape index (κ3) is 4.42. The smallest absolute Gasteiger partial charge is 0.277 e. The van der Waals surface area contributed by atoms with E-state index in [1.54, 1.807) is 38.7 Å². The van der Waals surface area contributed by atoms with E-state index in [2.05, 4.69) is 10.2 Å². The quantitative estimate of drug-likeness (QED) is 0.346. The fourth-order valence-corrected chi connectivity index (χ4v) is 4.33. The van der Waals surface area contributed by atoms with Crippen molar-refractivity contribution in [1.82, 2.24) is 15.2 Å². The Kier molecular flexibility index (Phi) is 6.20. The fraction of sp³-hybridized carbons (Fsp3) is 0.190. The summed E-state index contributed by atoms with van der Waals surface area (Å²) in [4.78, 5) is 4.70. The van der Waals surface area contributed by atoms with Crippen LogP contribution in [0.3, 0.4) is 0 Å². The Balaban J connectivity index is 1.43. The van der Waals surface area contributed by atoms with Crippen molar-refractivity contribution >= 4 is 23.1 Å². The van der Waals surface area contributed by atoms with Crippen LogP contribution in [0.1, 0.15) is 5.69 Å². The summed E-state index contributed by atoms with van der Waals surface area (Å²) in [5, 5.41) is 11.7. The highest BCUT2D eigenvalue weighted by Crippen LogP contribution is 2.33. The van der Waals surface area contributed by atoms with E-state index in [0.717, 1.165) is 27.6 Å². The van der Waals surface area contributed by atoms with Gasteiger partial charge in [0.25, 0.3) is 5.22 Å². The van der Waals surface area contributed by atoms with Crippen molar-refractivity contribution in [2.45, 2.75) is 11.0 Å². The average molecular weight is 442 g/mol. The predicted octanol–water partition coefficient (Wildman–Crippen LogP) is 5.18. The molecule has 0 saturated heterocycles. The van der Waals surface area contributed by atoms with Crippen molar-refractivity contribution in [3.05, 3.63) is 53.5 Å². The minimum Gasteiger partial charge on any atom is -0.497 e. The molecule has 30 heavy (non-hydrogen) atoms. The van der Waals surface area contributed by atoms with Crippen LogP contribution in [0, 0.1) is 0 Å². The molecule has 2 aromatic heterocycles. The Morgan fingerprint density at radius 2 is 1.80 bits per heavy atom. The topological polar surface area (TPSA) is 79.5 Å². The van der Waals surface area contributed by atoms with Crippen molar-refractivity contribution in [2.24, 2.45) is 0 Å². The molecule has 0 radical (unpaired) electrons. The van der Waals surface area contributed by atoms with Gasteiger partial charge < -0.3 is 18.6 Å². The Bertz CT molecular complexity index is 1140. The van der Waals surface area contributed by atoms with Gasteiger partial charge in [0.2, 0.25) is 5.89 Å². The van der Waals surface area contributed by atoms with Crippen molar-refractivity contribution in [3.63, 3.8) is 0 Å². The largest absolute Gasteiger partial charge is 0.497 e. The third-order valence-corrected chi connectivity index (χ3v) is 6.04. The first-order valence-corrected chi connectivity index (χ1v) is 10.8. The normalized spacial score (nSPS) is 10.8. The van der Waals surface area contributed by atoms with Gasteiger partial charge in [-0.3, -0.25) is 0 Å². The summed E-state index contributed by atoms with van der Waals surface area (Å²) in [7, 11) is 4.84. The fourth-order valence-electron chi connectivity index (χ4n) is 2.75. The lowest BCUT2D eigenvalue weighted by atomic mass is 10.2.